The van der Waals surface area contributed by atoms with Gasteiger partial charge in [-0.3, -0.25) is 4.79 Å². The molecule has 5 heteroatoms. The van der Waals surface area contributed by atoms with Gasteiger partial charge in [0.15, 0.2) is 5.71 Å². The van der Waals surface area contributed by atoms with Crippen LogP contribution in [-0.4, -0.2) is 22.4 Å². The van der Waals surface area contributed by atoms with Gasteiger partial charge in [-0.15, -0.1) is 5.10 Å². The number of hydrogen-bond acceptors (Lipinski definition) is 3. The predicted molar refractivity (Wildman–Crippen MR) is 138 cm³/mol. The maximum atomic E-state index is 12.4. The minimum absolute atomic E-state index is 0.242. The first kappa shape index (κ1) is 19.9. The number of fused-ring (bicyclic) bond motifs is 2. The zero-order chi connectivity index (χ0) is 22.9. The average Bonchev–Trinajstić information content (AvgIpc) is 3.39. The lowest BCUT2D eigenvalue weighted by atomic mass is 10.1. The highest BCUT2D eigenvalue weighted by Crippen LogP contribution is 2.35. The largest absolute Gasteiger partial charge is 0.320 e. The molecule has 1 aliphatic heterocycles. The third-order valence-corrected chi connectivity index (χ3v) is 5.97. The predicted octanol–water partition coefficient (Wildman–Crippen LogP) is 6.07. The highest BCUT2D eigenvalue weighted by Gasteiger charge is 2.25. The Balaban J connectivity index is 1.56. The van der Waals surface area contributed by atoms with Gasteiger partial charge in [0.05, 0.1) is 23.1 Å². The molecular weight excluding hydrogens is 420 g/mol. The second-order valence-corrected chi connectivity index (χ2v) is 8.01. The Labute approximate surface area is 196 Å². The van der Waals surface area contributed by atoms with E-state index in [1.54, 1.807) is 6.21 Å². The number of carbonyl (C=O) groups excluding carboxylic acids is 1. The Bertz CT molecular complexity index is 1580. The van der Waals surface area contributed by atoms with Crippen LogP contribution in [0.15, 0.2) is 119 Å². The van der Waals surface area contributed by atoms with E-state index in [4.69, 9.17) is 0 Å². The van der Waals surface area contributed by atoms with Crippen LogP contribution in [0.2, 0.25) is 0 Å². The first-order chi connectivity index (χ1) is 16.8. The van der Waals surface area contributed by atoms with E-state index in [0.717, 1.165) is 44.7 Å². The van der Waals surface area contributed by atoms with E-state index in [9.17, 15) is 4.79 Å². The number of aromatic nitrogens is 1. The number of benzene rings is 4. The molecule has 1 amide bonds. The second-order valence-electron chi connectivity index (χ2n) is 8.01. The molecule has 4 aromatic carbocycles. The van der Waals surface area contributed by atoms with Crippen molar-refractivity contribution >= 4 is 34.4 Å². The van der Waals surface area contributed by atoms with E-state index in [0.29, 0.717) is 5.71 Å². The molecule has 0 atom stereocenters. The maximum Gasteiger partial charge on any atom is 0.276 e. The van der Waals surface area contributed by atoms with Crippen LogP contribution >= 0.6 is 0 Å². The summed E-state index contributed by atoms with van der Waals surface area (Å²) in [5.74, 6) is -0.242. The van der Waals surface area contributed by atoms with Gasteiger partial charge in [-0.05, 0) is 29.8 Å². The number of nitrogens with zero attached hydrogens (tertiary/aromatic N) is 3. The van der Waals surface area contributed by atoms with E-state index in [2.05, 4.69) is 56.5 Å². The maximum absolute atomic E-state index is 12.4. The molecule has 2 heterocycles. The number of carbonyl (C=O) groups is 1. The van der Waals surface area contributed by atoms with Gasteiger partial charge in [-0.25, -0.2) is 0 Å². The van der Waals surface area contributed by atoms with Crippen LogP contribution in [0.5, 0.6) is 0 Å². The van der Waals surface area contributed by atoms with E-state index in [1.165, 1.54) is 0 Å². The molecule has 0 fully saturated rings. The van der Waals surface area contributed by atoms with Crippen molar-refractivity contribution in [1.82, 2.24) is 4.57 Å². The fraction of sp³-hybridized carbons (Fsp3) is 0. The van der Waals surface area contributed by atoms with Crippen molar-refractivity contribution < 1.29 is 4.79 Å². The van der Waals surface area contributed by atoms with Crippen LogP contribution in [-0.2, 0) is 4.79 Å². The van der Waals surface area contributed by atoms with Crippen LogP contribution in [0.25, 0.3) is 27.8 Å². The quantitative estimate of drug-likeness (QED) is 0.267. The lowest BCUT2D eigenvalue weighted by Crippen LogP contribution is -2.13. The minimum Gasteiger partial charge on any atom is -0.320 e. The molecule has 1 aromatic heterocycles. The number of anilines is 1. The van der Waals surface area contributed by atoms with E-state index in [-0.39, 0.29) is 5.91 Å². The average molecular weight is 441 g/mol. The fourth-order valence-corrected chi connectivity index (χ4v) is 4.47. The lowest BCUT2D eigenvalue weighted by Gasteiger charge is -2.12. The lowest BCUT2D eigenvalue weighted by molar-refractivity contribution is -0.110. The highest BCUT2D eigenvalue weighted by molar-refractivity contribution is 6.53. The van der Waals surface area contributed by atoms with Crippen molar-refractivity contribution in [2.75, 3.05) is 5.32 Å². The highest BCUT2D eigenvalue weighted by atomic mass is 16.2. The summed E-state index contributed by atoms with van der Waals surface area (Å²) < 4.78 is 2.25. The van der Waals surface area contributed by atoms with Crippen LogP contribution < -0.4 is 5.32 Å². The number of amides is 1. The van der Waals surface area contributed by atoms with Crippen molar-refractivity contribution in [1.29, 1.82) is 0 Å². The normalized spacial score (nSPS) is 14.1. The summed E-state index contributed by atoms with van der Waals surface area (Å²) >= 11 is 0. The summed E-state index contributed by atoms with van der Waals surface area (Å²) in [5.41, 5.74) is 7.01. The SMILES string of the molecule is O=C1Nc2ccccc2/C1=N\N=C\c1c(-c2ccccc2)n(-c2ccccc2)c2ccccc12. The molecule has 1 aliphatic rings. The molecule has 5 nitrogen and oxygen atoms in total. The van der Waals surface area contributed by atoms with Gasteiger partial charge < -0.3 is 9.88 Å². The Kier molecular flexibility index (Phi) is 4.85. The molecule has 0 saturated heterocycles. The summed E-state index contributed by atoms with van der Waals surface area (Å²) in [4.78, 5) is 12.4. The number of rotatable bonds is 4. The molecule has 0 bridgehead atoms. The summed E-state index contributed by atoms with van der Waals surface area (Å²) in [6, 6.07) is 36.3. The first-order valence-corrected chi connectivity index (χ1v) is 11.1. The Hall–Kier alpha value is -4.77. The molecule has 0 unspecified atom stereocenters. The molecule has 1 N–H and O–H groups in total. The number of nitrogens with one attached hydrogen (secondary N) is 1. The van der Waals surface area contributed by atoms with Crippen LogP contribution in [0.4, 0.5) is 5.69 Å². The van der Waals surface area contributed by atoms with E-state index < -0.39 is 0 Å². The van der Waals surface area contributed by atoms with Crippen molar-refractivity contribution in [3.8, 4) is 16.9 Å². The smallest absolute Gasteiger partial charge is 0.276 e. The monoisotopic (exact) mass is 440 g/mol. The number of para-hydroxylation sites is 3. The van der Waals surface area contributed by atoms with E-state index >= 15 is 0 Å². The zero-order valence-corrected chi connectivity index (χ0v) is 18.2. The van der Waals surface area contributed by atoms with Crippen LogP contribution in [0.3, 0.4) is 0 Å². The van der Waals surface area contributed by atoms with Crippen LogP contribution in [0, 0.1) is 0 Å². The molecule has 0 radical (unpaired) electrons. The second kappa shape index (κ2) is 8.30. The first-order valence-electron chi connectivity index (χ1n) is 11.1. The van der Waals surface area contributed by atoms with Crippen molar-refractivity contribution in [3.05, 3.63) is 120 Å². The van der Waals surface area contributed by atoms with Gasteiger partial charge in [0.2, 0.25) is 0 Å². The van der Waals surface area contributed by atoms with Gasteiger partial charge in [-0.1, -0.05) is 84.9 Å². The molecule has 0 spiro atoms. The molecular formula is C29H20N4O. The van der Waals surface area contributed by atoms with Crippen molar-refractivity contribution in [3.63, 3.8) is 0 Å². The van der Waals surface area contributed by atoms with E-state index in [1.807, 2.05) is 72.8 Å². The van der Waals surface area contributed by atoms with Gasteiger partial charge in [0.1, 0.15) is 0 Å². The van der Waals surface area contributed by atoms with Gasteiger partial charge >= 0.3 is 0 Å². The summed E-state index contributed by atoms with van der Waals surface area (Å²) in [5, 5.41) is 12.6. The Morgan fingerprint density at radius 2 is 1.41 bits per heavy atom. The molecule has 162 valence electrons. The van der Waals surface area contributed by atoms with Gasteiger partial charge in [0.25, 0.3) is 5.91 Å². The van der Waals surface area contributed by atoms with Crippen molar-refractivity contribution in [2.45, 2.75) is 0 Å². The van der Waals surface area contributed by atoms with Gasteiger partial charge in [0, 0.05) is 22.2 Å². The summed E-state index contributed by atoms with van der Waals surface area (Å²) in [6.07, 6.45) is 1.76. The zero-order valence-electron chi connectivity index (χ0n) is 18.2. The fourth-order valence-electron chi connectivity index (χ4n) is 4.47. The molecule has 0 saturated carbocycles. The topological polar surface area (TPSA) is 58.8 Å². The summed E-state index contributed by atoms with van der Waals surface area (Å²) in [7, 11) is 0. The Morgan fingerprint density at radius 3 is 2.24 bits per heavy atom. The third kappa shape index (κ3) is 3.31. The van der Waals surface area contributed by atoms with Crippen LogP contribution in [0.1, 0.15) is 11.1 Å². The molecule has 0 aliphatic carbocycles. The Morgan fingerprint density at radius 1 is 0.735 bits per heavy atom. The summed E-state index contributed by atoms with van der Waals surface area (Å²) in [6.45, 7) is 0. The number of hydrogen-bond donors (Lipinski definition) is 1. The minimum atomic E-state index is -0.242. The molecule has 34 heavy (non-hydrogen) atoms. The third-order valence-electron chi connectivity index (χ3n) is 5.97. The van der Waals surface area contributed by atoms with Crippen molar-refractivity contribution in [2.24, 2.45) is 10.2 Å². The van der Waals surface area contributed by atoms with Gasteiger partial charge in [-0.2, -0.15) is 5.10 Å². The molecule has 6 rings (SSSR count). The standard InChI is InChI=1S/C29H20N4O/c34-29-27(23-16-7-9-17-25(23)31-29)32-30-19-24-22-15-8-10-18-26(22)33(21-13-5-2-6-14-21)28(24)20-11-3-1-4-12-20/h1-19H,(H,31,32,34)/b30-19+. The molecule has 5 aromatic rings.